The van der Waals surface area contributed by atoms with Crippen LogP contribution in [0.5, 0.6) is 0 Å². The van der Waals surface area contributed by atoms with Crippen molar-refractivity contribution in [1.82, 2.24) is 10.3 Å². The van der Waals surface area contributed by atoms with E-state index in [0.29, 0.717) is 12.5 Å². The van der Waals surface area contributed by atoms with Crippen LogP contribution in [-0.4, -0.2) is 30.8 Å². The van der Waals surface area contributed by atoms with Crippen LogP contribution in [0.3, 0.4) is 0 Å². The van der Waals surface area contributed by atoms with E-state index >= 15 is 0 Å². The van der Waals surface area contributed by atoms with Gasteiger partial charge in [-0.05, 0) is 19.3 Å². The highest BCUT2D eigenvalue weighted by molar-refractivity contribution is 7.09. The van der Waals surface area contributed by atoms with E-state index in [4.69, 9.17) is 9.47 Å². The van der Waals surface area contributed by atoms with Gasteiger partial charge in [-0.3, -0.25) is 0 Å². The topological polar surface area (TPSA) is 43.4 Å². The monoisotopic (exact) mass is 268 g/mol. The molecule has 2 heterocycles. The standard InChI is InChI=1S/C13H20N2O2S/c1-2-11(1)14-5-13-15-12(9-18-13)8-17-7-10-3-4-16-6-10/h9-11,14H,1-8H2. The average Bonchev–Trinajstić information content (AvgIpc) is 2.89. The molecule has 1 saturated heterocycles. The smallest absolute Gasteiger partial charge is 0.107 e. The normalized spacial score (nSPS) is 23.7. The first kappa shape index (κ1) is 12.5. The molecule has 5 heteroatoms. The Bertz CT molecular complexity index is 373. The number of hydrogen-bond donors (Lipinski definition) is 1. The van der Waals surface area contributed by atoms with Crippen molar-refractivity contribution < 1.29 is 9.47 Å². The number of rotatable bonds is 7. The summed E-state index contributed by atoms with van der Waals surface area (Å²) in [4.78, 5) is 4.57. The number of nitrogens with one attached hydrogen (secondary N) is 1. The minimum atomic E-state index is 0.583. The van der Waals surface area contributed by atoms with Gasteiger partial charge in [-0.2, -0.15) is 0 Å². The van der Waals surface area contributed by atoms with Crippen molar-refractivity contribution in [2.45, 2.75) is 38.5 Å². The maximum atomic E-state index is 5.70. The molecule has 1 saturated carbocycles. The van der Waals surface area contributed by atoms with Gasteiger partial charge in [-0.15, -0.1) is 11.3 Å². The first-order valence-corrected chi connectivity index (χ1v) is 7.60. The summed E-state index contributed by atoms with van der Waals surface area (Å²) in [6.07, 6.45) is 3.78. The Balaban J connectivity index is 1.36. The van der Waals surface area contributed by atoms with Crippen molar-refractivity contribution in [2.24, 2.45) is 5.92 Å². The van der Waals surface area contributed by atoms with Gasteiger partial charge in [0, 0.05) is 30.5 Å². The third kappa shape index (κ3) is 3.75. The number of aromatic nitrogens is 1. The van der Waals surface area contributed by atoms with Crippen molar-refractivity contribution in [3.05, 3.63) is 16.1 Å². The Morgan fingerprint density at radius 3 is 3.17 bits per heavy atom. The predicted octanol–water partition coefficient (Wildman–Crippen LogP) is 1.95. The van der Waals surface area contributed by atoms with Gasteiger partial charge in [0.1, 0.15) is 5.01 Å². The number of hydrogen-bond acceptors (Lipinski definition) is 5. The predicted molar refractivity (Wildman–Crippen MR) is 70.6 cm³/mol. The summed E-state index contributed by atoms with van der Waals surface area (Å²) in [5.41, 5.74) is 1.06. The van der Waals surface area contributed by atoms with Gasteiger partial charge in [0.25, 0.3) is 0 Å². The first-order valence-electron chi connectivity index (χ1n) is 6.72. The van der Waals surface area contributed by atoms with Crippen molar-refractivity contribution in [1.29, 1.82) is 0 Å². The molecule has 2 fully saturated rings. The van der Waals surface area contributed by atoms with Gasteiger partial charge in [0.2, 0.25) is 0 Å². The van der Waals surface area contributed by atoms with E-state index in [1.165, 1.54) is 17.8 Å². The van der Waals surface area contributed by atoms with Gasteiger partial charge in [-0.25, -0.2) is 4.98 Å². The number of thiazole rings is 1. The van der Waals surface area contributed by atoms with E-state index in [9.17, 15) is 0 Å². The number of ether oxygens (including phenoxy) is 2. The Morgan fingerprint density at radius 1 is 1.44 bits per heavy atom. The zero-order chi connectivity index (χ0) is 12.2. The highest BCUT2D eigenvalue weighted by Crippen LogP contribution is 2.20. The molecule has 0 radical (unpaired) electrons. The minimum absolute atomic E-state index is 0.583. The van der Waals surface area contributed by atoms with Crippen LogP contribution in [0.4, 0.5) is 0 Å². The fraction of sp³-hybridized carbons (Fsp3) is 0.769. The largest absolute Gasteiger partial charge is 0.381 e. The van der Waals surface area contributed by atoms with Crippen LogP contribution in [0.25, 0.3) is 0 Å². The lowest BCUT2D eigenvalue weighted by atomic mass is 10.1. The minimum Gasteiger partial charge on any atom is -0.381 e. The SMILES string of the molecule is c1sc(CNC2CC2)nc1COCC1CCOC1. The Morgan fingerprint density at radius 2 is 2.39 bits per heavy atom. The molecular formula is C13H20N2O2S. The van der Waals surface area contributed by atoms with E-state index in [1.807, 2.05) is 0 Å². The zero-order valence-corrected chi connectivity index (χ0v) is 11.4. The van der Waals surface area contributed by atoms with E-state index in [0.717, 1.165) is 44.5 Å². The molecule has 0 aromatic carbocycles. The molecule has 3 rings (SSSR count). The van der Waals surface area contributed by atoms with Crippen LogP contribution in [0.15, 0.2) is 5.38 Å². The lowest BCUT2D eigenvalue weighted by Crippen LogP contribution is -2.15. The maximum absolute atomic E-state index is 5.70. The quantitative estimate of drug-likeness (QED) is 0.821. The molecule has 2 aliphatic rings. The first-order chi connectivity index (χ1) is 8.90. The van der Waals surface area contributed by atoms with Gasteiger partial charge in [-0.1, -0.05) is 0 Å². The molecule has 0 amide bonds. The maximum Gasteiger partial charge on any atom is 0.107 e. The fourth-order valence-electron chi connectivity index (χ4n) is 2.06. The highest BCUT2D eigenvalue weighted by Gasteiger charge is 2.20. The highest BCUT2D eigenvalue weighted by atomic mass is 32.1. The molecule has 1 aliphatic heterocycles. The van der Waals surface area contributed by atoms with E-state index in [1.54, 1.807) is 11.3 Å². The van der Waals surface area contributed by atoms with Crippen molar-refractivity contribution >= 4 is 11.3 Å². The van der Waals surface area contributed by atoms with Gasteiger partial charge in [0.05, 0.1) is 25.5 Å². The van der Waals surface area contributed by atoms with Gasteiger partial charge < -0.3 is 14.8 Å². The Kier molecular flexibility index (Phi) is 4.25. The summed E-state index contributed by atoms with van der Waals surface area (Å²) >= 11 is 1.72. The molecule has 1 atom stereocenters. The summed E-state index contributed by atoms with van der Waals surface area (Å²) in [6.45, 7) is 4.09. The molecule has 4 nitrogen and oxygen atoms in total. The van der Waals surface area contributed by atoms with Gasteiger partial charge in [0.15, 0.2) is 0 Å². The van der Waals surface area contributed by atoms with E-state index in [-0.39, 0.29) is 0 Å². The molecule has 1 aromatic heterocycles. The van der Waals surface area contributed by atoms with Crippen LogP contribution in [-0.2, 0) is 22.6 Å². The average molecular weight is 268 g/mol. The van der Waals surface area contributed by atoms with Gasteiger partial charge >= 0.3 is 0 Å². The summed E-state index contributed by atoms with van der Waals surface area (Å²) < 4.78 is 11.0. The lowest BCUT2D eigenvalue weighted by Gasteiger charge is -2.06. The van der Waals surface area contributed by atoms with Crippen molar-refractivity contribution in [2.75, 3.05) is 19.8 Å². The molecule has 100 valence electrons. The zero-order valence-electron chi connectivity index (χ0n) is 10.6. The van der Waals surface area contributed by atoms with Crippen molar-refractivity contribution in [3.63, 3.8) is 0 Å². The molecule has 1 N–H and O–H groups in total. The van der Waals surface area contributed by atoms with Crippen LogP contribution in [0.2, 0.25) is 0 Å². The second kappa shape index (κ2) is 6.10. The molecule has 1 aromatic rings. The molecular weight excluding hydrogens is 248 g/mol. The lowest BCUT2D eigenvalue weighted by molar-refractivity contribution is 0.0775. The number of nitrogens with zero attached hydrogens (tertiary/aromatic N) is 1. The fourth-order valence-corrected chi connectivity index (χ4v) is 2.79. The second-order valence-corrected chi connectivity index (χ2v) is 6.08. The third-order valence-corrected chi connectivity index (χ3v) is 4.24. The Labute approximate surface area is 112 Å². The van der Waals surface area contributed by atoms with Crippen LogP contribution in [0.1, 0.15) is 30.0 Å². The molecule has 18 heavy (non-hydrogen) atoms. The Hall–Kier alpha value is -0.490. The third-order valence-electron chi connectivity index (χ3n) is 3.35. The molecule has 1 unspecified atom stereocenters. The van der Waals surface area contributed by atoms with E-state index in [2.05, 4.69) is 15.7 Å². The molecule has 0 spiro atoms. The summed E-state index contributed by atoms with van der Waals surface area (Å²) in [7, 11) is 0. The summed E-state index contributed by atoms with van der Waals surface area (Å²) in [5.74, 6) is 0.583. The van der Waals surface area contributed by atoms with E-state index < -0.39 is 0 Å². The van der Waals surface area contributed by atoms with Crippen LogP contribution >= 0.6 is 11.3 Å². The second-order valence-electron chi connectivity index (χ2n) is 5.13. The summed E-state index contributed by atoms with van der Waals surface area (Å²) in [6, 6.07) is 0.746. The van der Waals surface area contributed by atoms with Crippen LogP contribution < -0.4 is 5.32 Å². The molecule has 1 aliphatic carbocycles. The summed E-state index contributed by atoms with van der Waals surface area (Å²) in [5, 5.41) is 6.75. The molecule has 0 bridgehead atoms. The van der Waals surface area contributed by atoms with Crippen molar-refractivity contribution in [3.8, 4) is 0 Å². The van der Waals surface area contributed by atoms with Crippen LogP contribution in [0, 0.1) is 5.92 Å².